The number of aromatic amines is 1. The molecule has 0 aliphatic rings. The van der Waals surface area contributed by atoms with Crippen LogP contribution in [0.25, 0.3) is 43.7 Å². The Morgan fingerprint density at radius 1 is 0.810 bits per heavy atom. The van der Waals surface area contributed by atoms with Gasteiger partial charge in [0.25, 0.3) is 0 Å². The van der Waals surface area contributed by atoms with E-state index in [0.29, 0.717) is 16.3 Å². The van der Waals surface area contributed by atoms with Gasteiger partial charge in [-0.2, -0.15) is 0 Å². The van der Waals surface area contributed by atoms with Gasteiger partial charge in [0.15, 0.2) is 25.9 Å². The fourth-order valence-electron chi connectivity index (χ4n) is 4.69. The van der Waals surface area contributed by atoms with Gasteiger partial charge in [0.05, 0.1) is 25.8 Å². The number of pyridine rings is 1. The Labute approximate surface area is 250 Å². The Morgan fingerprint density at radius 3 is 2.10 bits per heavy atom. The highest BCUT2D eigenvalue weighted by atomic mass is 32.2. The lowest BCUT2D eigenvalue weighted by molar-refractivity contribution is -0.344. The van der Waals surface area contributed by atoms with E-state index >= 15 is 0 Å². The second-order valence-corrected chi connectivity index (χ2v) is 17.2. The normalized spacial score (nSPS) is 13.0. The van der Waals surface area contributed by atoms with Crippen molar-refractivity contribution >= 4 is 41.9 Å². The zero-order valence-corrected chi connectivity index (χ0v) is 26.7. The van der Waals surface area contributed by atoms with Gasteiger partial charge in [-0.15, -0.1) is 11.3 Å². The first-order chi connectivity index (χ1) is 19.5. The lowest BCUT2D eigenvalue weighted by Crippen LogP contribution is -2.28. The van der Waals surface area contributed by atoms with Gasteiger partial charge in [-0.3, -0.25) is 0 Å². The zero-order chi connectivity index (χ0) is 30.7. The first-order valence-electron chi connectivity index (χ1n) is 13.3. The van der Waals surface area contributed by atoms with Crippen LogP contribution in [-0.4, -0.2) is 39.4 Å². The Kier molecular flexibility index (Phi) is 7.42. The zero-order valence-electron chi connectivity index (χ0n) is 24.3. The standard InChI is InChI=1S/C32H32N2O5S3/c1-31(2,35)30-34-28(29(40-30)20-12-14-25(15-13-20)41(5,36)37)22-10-7-9-21(17-22)26-19-24(32(3,4)42(6,38)39)18-23-11-8-16-33-27(23)26/h7-19,35H,1-6H3/p+1. The van der Waals surface area contributed by atoms with E-state index < -0.39 is 30.0 Å². The highest BCUT2D eigenvalue weighted by Crippen LogP contribution is 2.42. The van der Waals surface area contributed by atoms with E-state index in [1.807, 2.05) is 54.7 Å². The smallest absolute Gasteiger partial charge is 0.218 e. The number of nitrogens with one attached hydrogen (secondary N) is 1. The van der Waals surface area contributed by atoms with Crippen LogP contribution in [0.2, 0.25) is 0 Å². The fourth-order valence-corrected chi connectivity index (χ4v) is 6.96. The van der Waals surface area contributed by atoms with Gasteiger partial charge < -0.3 is 5.11 Å². The molecule has 2 N–H and O–H groups in total. The summed E-state index contributed by atoms with van der Waals surface area (Å²) in [5.41, 5.74) is 4.33. The molecule has 0 bridgehead atoms. The van der Waals surface area contributed by atoms with Crippen LogP contribution in [0.1, 0.15) is 38.3 Å². The molecule has 0 aliphatic carbocycles. The highest BCUT2D eigenvalue weighted by Gasteiger charge is 2.34. The van der Waals surface area contributed by atoms with Crippen molar-refractivity contribution in [3.05, 3.63) is 89.6 Å². The summed E-state index contributed by atoms with van der Waals surface area (Å²) in [7, 11) is -6.77. The third-order valence-corrected chi connectivity index (χ3v) is 12.2. The molecule has 0 saturated heterocycles. The van der Waals surface area contributed by atoms with Crippen LogP contribution in [0.4, 0.5) is 0 Å². The number of thiazole rings is 1. The van der Waals surface area contributed by atoms with Crippen molar-refractivity contribution in [2.45, 2.75) is 42.9 Å². The minimum absolute atomic E-state index is 0.224. The number of hydrogen-bond acceptors (Lipinski definition) is 7. The maximum atomic E-state index is 12.7. The van der Waals surface area contributed by atoms with E-state index in [-0.39, 0.29) is 4.90 Å². The molecule has 0 spiro atoms. The number of benzene rings is 3. The molecule has 42 heavy (non-hydrogen) atoms. The van der Waals surface area contributed by atoms with Crippen LogP contribution in [0.3, 0.4) is 0 Å². The van der Waals surface area contributed by atoms with E-state index in [2.05, 4.69) is 4.98 Å². The second-order valence-electron chi connectivity index (χ2n) is 11.6. The van der Waals surface area contributed by atoms with Crippen molar-refractivity contribution in [2.24, 2.45) is 0 Å². The SMILES string of the molecule is CC(C)(O)c1nc(-c2cccc(-c3cc(C(C)(C)S(C)(=O)=O)cc4ccc[nH+]c34)c2)c(-c2ccc(S(C)(=O)=O)cc2)s1. The molecule has 2 aromatic heterocycles. The summed E-state index contributed by atoms with van der Waals surface area (Å²) in [4.78, 5) is 9.20. The number of sulfone groups is 2. The average molecular weight is 622 g/mol. The molecule has 5 aromatic rings. The number of aliphatic hydroxyl groups is 1. The second kappa shape index (κ2) is 10.4. The van der Waals surface area contributed by atoms with Crippen molar-refractivity contribution in [1.29, 1.82) is 0 Å². The molecule has 218 valence electrons. The first-order valence-corrected chi connectivity index (χ1v) is 17.9. The summed E-state index contributed by atoms with van der Waals surface area (Å²) >= 11 is 1.36. The molecular weight excluding hydrogens is 589 g/mol. The number of nitrogens with zero attached hydrogens (tertiary/aromatic N) is 1. The van der Waals surface area contributed by atoms with E-state index in [9.17, 15) is 21.9 Å². The Balaban J connectivity index is 1.72. The summed E-state index contributed by atoms with van der Waals surface area (Å²) in [5.74, 6) is 0. The largest absolute Gasteiger partial charge is 0.383 e. The average Bonchev–Trinajstić information content (AvgIpc) is 3.38. The fraction of sp³-hybridized carbons (Fsp3) is 0.250. The van der Waals surface area contributed by atoms with Gasteiger partial charge in [0.2, 0.25) is 5.52 Å². The third-order valence-electron chi connectivity index (χ3n) is 7.53. The minimum Gasteiger partial charge on any atom is -0.383 e. The molecule has 0 aliphatic heterocycles. The summed E-state index contributed by atoms with van der Waals surface area (Å²) < 4.78 is 48.4. The number of rotatable bonds is 7. The molecule has 0 fully saturated rings. The van der Waals surface area contributed by atoms with Gasteiger partial charge in [0, 0.05) is 29.5 Å². The maximum absolute atomic E-state index is 12.7. The molecule has 0 saturated carbocycles. The lowest BCUT2D eigenvalue weighted by Gasteiger charge is -2.24. The molecule has 0 amide bonds. The molecule has 2 heterocycles. The van der Waals surface area contributed by atoms with E-state index in [0.717, 1.165) is 38.0 Å². The predicted molar refractivity (Wildman–Crippen MR) is 169 cm³/mol. The lowest BCUT2D eigenvalue weighted by atomic mass is 9.92. The van der Waals surface area contributed by atoms with E-state index in [1.54, 1.807) is 52.0 Å². The van der Waals surface area contributed by atoms with Crippen molar-refractivity contribution in [3.8, 4) is 32.8 Å². The van der Waals surface area contributed by atoms with Gasteiger partial charge in [0.1, 0.15) is 10.6 Å². The summed E-state index contributed by atoms with van der Waals surface area (Å²) in [6.07, 6.45) is 4.26. The minimum atomic E-state index is -3.41. The Bertz CT molecular complexity index is 2040. The van der Waals surface area contributed by atoms with Gasteiger partial charge >= 0.3 is 0 Å². The van der Waals surface area contributed by atoms with Crippen LogP contribution >= 0.6 is 11.3 Å². The van der Waals surface area contributed by atoms with Crippen LogP contribution < -0.4 is 4.98 Å². The van der Waals surface area contributed by atoms with Crippen LogP contribution in [-0.2, 0) is 30.0 Å². The maximum Gasteiger partial charge on any atom is 0.218 e. The molecule has 5 rings (SSSR count). The van der Waals surface area contributed by atoms with Gasteiger partial charge in [-0.25, -0.2) is 26.8 Å². The predicted octanol–water partition coefficient (Wildman–Crippen LogP) is 6.02. The molecule has 7 nitrogen and oxygen atoms in total. The number of H-pyrrole nitrogens is 1. The number of fused-ring (bicyclic) bond motifs is 1. The summed E-state index contributed by atoms with van der Waals surface area (Å²) in [5, 5.41) is 12.2. The van der Waals surface area contributed by atoms with Crippen LogP contribution in [0, 0.1) is 0 Å². The summed E-state index contributed by atoms with van der Waals surface area (Å²) in [6.45, 7) is 6.79. The van der Waals surface area contributed by atoms with Crippen molar-refractivity contribution < 1.29 is 26.9 Å². The Hall–Kier alpha value is -3.44. The monoisotopic (exact) mass is 621 g/mol. The summed E-state index contributed by atoms with van der Waals surface area (Å²) in [6, 6.07) is 22.2. The van der Waals surface area contributed by atoms with Crippen LogP contribution in [0.15, 0.2) is 83.9 Å². The quantitative estimate of drug-likeness (QED) is 0.238. The molecule has 0 unspecified atom stereocenters. The molecule has 0 atom stereocenters. The van der Waals surface area contributed by atoms with E-state index in [4.69, 9.17) is 4.98 Å². The highest BCUT2D eigenvalue weighted by molar-refractivity contribution is 7.91. The van der Waals surface area contributed by atoms with Crippen molar-refractivity contribution in [2.75, 3.05) is 12.5 Å². The molecule has 3 aromatic carbocycles. The van der Waals surface area contributed by atoms with Gasteiger partial charge in [-0.1, -0.05) is 30.3 Å². The van der Waals surface area contributed by atoms with Crippen molar-refractivity contribution in [3.63, 3.8) is 0 Å². The third kappa shape index (κ3) is 5.64. The topological polar surface area (TPSA) is 116 Å². The number of hydrogen-bond donors (Lipinski definition) is 1. The van der Waals surface area contributed by atoms with Crippen LogP contribution in [0.5, 0.6) is 0 Å². The van der Waals surface area contributed by atoms with E-state index in [1.165, 1.54) is 23.8 Å². The molecule has 0 radical (unpaired) electrons. The first kappa shape index (κ1) is 30.0. The molecular formula is C32H33N2O5S3+. The van der Waals surface area contributed by atoms with Crippen molar-refractivity contribution in [1.82, 2.24) is 4.98 Å². The molecule has 10 heteroatoms. The number of aromatic nitrogens is 2. The van der Waals surface area contributed by atoms with Gasteiger partial charge in [-0.05, 0) is 80.8 Å². The Morgan fingerprint density at radius 2 is 1.48 bits per heavy atom.